The topological polar surface area (TPSA) is 79.3 Å². The number of benzene rings is 1. The van der Waals surface area contributed by atoms with Crippen molar-refractivity contribution in [3.63, 3.8) is 0 Å². The molecule has 2 fully saturated rings. The molecule has 0 saturated carbocycles. The molecule has 0 bridgehead atoms. The fraction of sp³-hybridized carbons (Fsp3) is 0.667. The first-order valence-electron chi connectivity index (χ1n) is 11.5. The van der Waals surface area contributed by atoms with Crippen molar-refractivity contribution in [3.8, 4) is 0 Å². The minimum Gasteiger partial charge on any atom is -0.481 e. The van der Waals surface area contributed by atoms with Gasteiger partial charge in [0.25, 0.3) is 0 Å². The average molecular weight is 465 g/mol. The van der Waals surface area contributed by atoms with Crippen molar-refractivity contribution in [1.82, 2.24) is 9.80 Å². The molecule has 1 aromatic rings. The number of halogens is 1. The Morgan fingerprint density at radius 1 is 1.16 bits per heavy atom. The number of rotatable bonds is 5. The first-order chi connectivity index (χ1) is 15.3. The molecule has 1 N–H and O–H groups in total. The highest BCUT2D eigenvalue weighted by Gasteiger charge is 2.37. The summed E-state index contributed by atoms with van der Waals surface area (Å²) in [6, 6.07) is 3.89. The molecular formula is C24H33ClN2O5. The maximum Gasteiger partial charge on any atom is 0.310 e. The summed E-state index contributed by atoms with van der Waals surface area (Å²) in [5.74, 6) is -0.570. The summed E-state index contributed by atoms with van der Waals surface area (Å²) in [7, 11) is 0. The molecule has 0 radical (unpaired) electrons. The minimum absolute atomic E-state index is 0.0342. The highest BCUT2D eigenvalue weighted by Crippen LogP contribution is 2.36. The molecule has 1 amide bonds. The van der Waals surface area contributed by atoms with E-state index in [1.807, 2.05) is 17.0 Å². The van der Waals surface area contributed by atoms with E-state index >= 15 is 0 Å². The maximum atomic E-state index is 13.2. The van der Waals surface area contributed by atoms with Crippen LogP contribution in [0.4, 0.5) is 0 Å². The van der Waals surface area contributed by atoms with Gasteiger partial charge in [-0.25, -0.2) is 0 Å². The van der Waals surface area contributed by atoms with E-state index in [0.717, 1.165) is 30.4 Å². The van der Waals surface area contributed by atoms with Gasteiger partial charge in [-0.3, -0.25) is 14.5 Å². The van der Waals surface area contributed by atoms with Crippen molar-refractivity contribution in [2.75, 3.05) is 46.1 Å². The van der Waals surface area contributed by atoms with Gasteiger partial charge in [-0.1, -0.05) is 11.6 Å². The van der Waals surface area contributed by atoms with Gasteiger partial charge in [0.15, 0.2) is 0 Å². The van der Waals surface area contributed by atoms with Crippen LogP contribution in [-0.2, 0) is 32.0 Å². The zero-order chi connectivity index (χ0) is 22.9. The number of ether oxygens (including phenoxy) is 2. The number of nitrogens with zero attached hydrogens (tertiary/aromatic N) is 2. The van der Waals surface area contributed by atoms with E-state index in [1.165, 1.54) is 5.56 Å². The van der Waals surface area contributed by atoms with Gasteiger partial charge in [0.2, 0.25) is 5.91 Å². The van der Waals surface area contributed by atoms with Crippen LogP contribution in [0, 0.1) is 11.3 Å². The fourth-order valence-electron chi connectivity index (χ4n) is 5.03. The summed E-state index contributed by atoms with van der Waals surface area (Å²) in [6.45, 7) is 8.19. The smallest absolute Gasteiger partial charge is 0.310 e. The molecule has 0 spiro atoms. The van der Waals surface area contributed by atoms with Gasteiger partial charge in [0.05, 0.1) is 24.7 Å². The SMILES string of the molecule is CC(C)(CN1CCOC[C@H]1c1cc(Cl)cc2c1CN(C(=O)C1CCOCC1)CC2)C(=O)O. The highest BCUT2D eigenvalue weighted by atomic mass is 35.5. The quantitative estimate of drug-likeness (QED) is 0.721. The third-order valence-corrected chi connectivity index (χ3v) is 7.22. The summed E-state index contributed by atoms with van der Waals surface area (Å²) in [6.07, 6.45) is 2.33. The van der Waals surface area contributed by atoms with Crippen LogP contribution in [-0.4, -0.2) is 72.8 Å². The van der Waals surface area contributed by atoms with E-state index in [0.29, 0.717) is 57.6 Å². The third-order valence-electron chi connectivity index (χ3n) is 7.00. The molecule has 0 unspecified atom stereocenters. The first kappa shape index (κ1) is 23.5. The molecule has 0 aromatic heterocycles. The van der Waals surface area contributed by atoms with Gasteiger partial charge in [-0.05, 0) is 61.9 Å². The van der Waals surface area contributed by atoms with Crippen molar-refractivity contribution < 1.29 is 24.2 Å². The summed E-state index contributed by atoms with van der Waals surface area (Å²) >= 11 is 6.51. The molecular weight excluding hydrogens is 432 g/mol. The van der Waals surface area contributed by atoms with Crippen LogP contribution in [0.5, 0.6) is 0 Å². The zero-order valence-electron chi connectivity index (χ0n) is 18.9. The summed E-state index contributed by atoms with van der Waals surface area (Å²) in [5.41, 5.74) is 2.48. The van der Waals surface area contributed by atoms with Crippen molar-refractivity contribution in [3.05, 3.63) is 33.8 Å². The predicted octanol–water partition coefficient (Wildman–Crippen LogP) is 3.14. The lowest BCUT2D eigenvalue weighted by Crippen LogP contribution is -2.47. The number of morpholine rings is 1. The number of hydrogen-bond acceptors (Lipinski definition) is 5. The zero-order valence-corrected chi connectivity index (χ0v) is 19.7. The minimum atomic E-state index is -0.876. The second kappa shape index (κ2) is 9.67. The Bertz CT molecular complexity index is 868. The Labute approximate surface area is 194 Å². The van der Waals surface area contributed by atoms with Gasteiger partial charge in [0.1, 0.15) is 0 Å². The molecule has 2 saturated heterocycles. The standard InChI is InChI=1S/C24H33ClN2O5/c1-24(2,23(29)30)15-27-7-10-32-14-21(27)19-12-18(25)11-17-3-6-26(13-20(17)19)22(28)16-4-8-31-9-5-16/h11-12,16,21H,3-10,13-15H2,1-2H3,(H,29,30)/t21-/m0/s1. The number of fused-ring (bicyclic) bond motifs is 1. The summed E-state index contributed by atoms with van der Waals surface area (Å²) < 4.78 is 11.2. The Balaban J connectivity index is 1.61. The molecule has 176 valence electrons. The van der Waals surface area contributed by atoms with Crippen molar-refractivity contribution >= 4 is 23.5 Å². The number of carbonyl (C=O) groups excluding carboxylic acids is 1. The number of aliphatic carboxylic acids is 1. The monoisotopic (exact) mass is 464 g/mol. The normalized spacial score (nSPS) is 23.1. The van der Waals surface area contributed by atoms with Gasteiger partial charge in [0, 0.05) is 50.3 Å². The van der Waals surface area contributed by atoms with E-state index in [9.17, 15) is 14.7 Å². The molecule has 8 heteroatoms. The number of carboxylic acid groups (broad SMARTS) is 1. The second-order valence-corrected chi connectivity index (χ2v) is 10.2. The van der Waals surface area contributed by atoms with Crippen molar-refractivity contribution in [2.45, 2.75) is 45.7 Å². The number of hydrogen-bond donors (Lipinski definition) is 1. The Morgan fingerprint density at radius 3 is 2.62 bits per heavy atom. The third kappa shape index (κ3) is 4.96. The van der Waals surface area contributed by atoms with E-state index in [2.05, 4.69) is 4.90 Å². The lowest BCUT2D eigenvalue weighted by Gasteiger charge is -2.41. The van der Waals surface area contributed by atoms with Gasteiger partial charge in [-0.15, -0.1) is 0 Å². The molecule has 3 heterocycles. The molecule has 1 atom stereocenters. The molecule has 3 aliphatic heterocycles. The van der Waals surface area contributed by atoms with Crippen LogP contribution in [0.25, 0.3) is 0 Å². The van der Waals surface area contributed by atoms with Crippen molar-refractivity contribution in [1.29, 1.82) is 0 Å². The van der Waals surface area contributed by atoms with E-state index in [1.54, 1.807) is 13.8 Å². The van der Waals surface area contributed by atoms with Gasteiger partial charge < -0.3 is 19.5 Å². The van der Waals surface area contributed by atoms with Crippen LogP contribution >= 0.6 is 11.6 Å². The first-order valence-corrected chi connectivity index (χ1v) is 11.9. The molecule has 7 nitrogen and oxygen atoms in total. The molecule has 4 rings (SSSR count). The lowest BCUT2D eigenvalue weighted by molar-refractivity contribution is -0.149. The van der Waals surface area contributed by atoms with E-state index in [4.69, 9.17) is 21.1 Å². The summed E-state index contributed by atoms with van der Waals surface area (Å²) in [5, 5.41) is 10.3. The molecule has 0 aliphatic carbocycles. The molecule has 1 aromatic carbocycles. The largest absolute Gasteiger partial charge is 0.481 e. The van der Waals surface area contributed by atoms with E-state index < -0.39 is 11.4 Å². The van der Waals surface area contributed by atoms with Crippen LogP contribution in [0.1, 0.15) is 49.4 Å². The average Bonchev–Trinajstić information content (AvgIpc) is 2.78. The molecule has 3 aliphatic rings. The van der Waals surface area contributed by atoms with Crippen LogP contribution in [0.3, 0.4) is 0 Å². The maximum absolute atomic E-state index is 13.2. The van der Waals surface area contributed by atoms with Crippen molar-refractivity contribution in [2.24, 2.45) is 11.3 Å². The van der Waals surface area contributed by atoms with Gasteiger partial charge in [-0.2, -0.15) is 0 Å². The predicted molar refractivity (Wildman–Crippen MR) is 121 cm³/mol. The molecule has 32 heavy (non-hydrogen) atoms. The Kier molecular flexibility index (Phi) is 7.10. The van der Waals surface area contributed by atoms with Crippen LogP contribution in [0.15, 0.2) is 12.1 Å². The highest BCUT2D eigenvalue weighted by molar-refractivity contribution is 6.30. The number of carbonyl (C=O) groups is 2. The van der Waals surface area contributed by atoms with Crippen LogP contribution < -0.4 is 0 Å². The van der Waals surface area contributed by atoms with Crippen LogP contribution in [0.2, 0.25) is 5.02 Å². The number of carboxylic acids is 1. The van der Waals surface area contributed by atoms with Gasteiger partial charge >= 0.3 is 5.97 Å². The lowest BCUT2D eigenvalue weighted by atomic mass is 9.87. The summed E-state index contributed by atoms with van der Waals surface area (Å²) in [4.78, 5) is 29.1. The van der Waals surface area contributed by atoms with E-state index in [-0.39, 0.29) is 17.9 Å². The second-order valence-electron chi connectivity index (χ2n) is 9.78. The Morgan fingerprint density at radius 2 is 1.91 bits per heavy atom. The Hall–Kier alpha value is -1.67. The fourth-order valence-corrected chi connectivity index (χ4v) is 5.28. The number of amides is 1.